The van der Waals surface area contributed by atoms with E-state index in [0.29, 0.717) is 9.82 Å². The molecule has 0 atom stereocenters. The lowest BCUT2D eigenvalue weighted by atomic mass is 10.2. The second-order valence-electron chi connectivity index (χ2n) is 5.70. The molecular formula is C17H15ClN2O3S2. The highest BCUT2D eigenvalue weighted by Gasteiger charge is 2.18. The highest BCUT2D eigenvalue weighted by Crippen LogP contribution is 2.25. The Hall–Kier alpha value is -1.96. The number of rotatable bonds is 2. The van der Waals surface area contributed by atoms with Crippen molar-refractivity contribution in [3.05, 3.63) is 57.3 Å². The molecule has 5 nitrogen and oxygen atoms in total. The average Bonchev–Trinajstić information content (AvgIpc) is 2.82. The van der Waals surface area contributed by atoms with E-state index >= 15 is 0 Å². The van der Waals surface area contributed by atoms with Crippen LogP contribution in [0.1, 0.15) is 15.9 Å². The van der Waals surface area contributed by atoms with E-state index in [9.17, 15) is 13.2 Å². The van der Waals surface area contributed by atoms with Crippen LogP contribution in [0.2, 0.25) is 5.02 Å². The Kier molecular flexibility index (Phi) is 4.57. The molecular weight excluding hydrogens is 380 g/mol. The van der Waals surface area contributed by atoms with Gasteiger partial charge in [-0.15, -0.1) is 0 Å². The van der Waals surface area contributed by atoms with E-state index in [2.05, 4.69) is 4.99 Å². The largest absolute Gasteiger partial charge is 0.319 e. The lowest BCUT2D eigenvalue weighted by molar-refractivity contribution is 0.0995. The molecule has 0 aliphatic carbocycles. The minimum Gasteiger partial charge on any atom is -0.319 e. The van der Waals surface area contributed by atoms with Gasteiger partial charge in [0.15, 0.2) is 14.6 Å². The molecule has 0 aliphatic rings. The maximum absolute atomic E-state index is 12.6. The number of fused-ring (bicyclic) bond motifs is 1. The van der Waals surface area contributed by atoms with Crippen LogP contribution in [0.15, 0.2) is 46.3 Å². The zero-order chi connectivity index (χ0) is 18.4. The summed E-state index contributed by atoms with van der Waals surface area (Å²) >= 11 is 7.42. The van der Waals surface area contributed by atoms with Crippen molar-refractivity contribution in [3.63, 3.8) is 0 Å². The average molecular weight is 395 g/mol. The molecule has 2 aromatic carbocycles. The van der Waals surface area contributed by atoms with E-state index in [1.807, 2.05) is 30.7 Å². The van der Waals surface area contributed by atoms with Crippen LogP contribution in [-0.4, -0.2) is 25.1 Å². The van der Waals surface area contributed by atoms with Gasteiger partial charge in [-0.1, -0.05) is 35.1 Å². The molecule has 25 heavy (non-hydrogen) atoms. The van der Waals surface area contributed by atoms with Gasteiger partial charge in [0.2, 0.25) is 0 Å². The summed E-state index contributed by atoms with van der Waals surface area (Å²) in [6.45, 7) is 1.94. The molecule has 1 amide bonds. The van der Waals surface area contributed by atoms with Gasteiger partial charge in [0, 0.05) is 18.3 Å². The van der Waals surface area contributed by atoms with Gasteiger partial charge in [-0.05, 0) is 36.8 Å². The lowest BCUT2D eigenvalue weighted by Gasteiger charge is -2.03. The number of nitrogens with zero attached hydrogens (tertiary/aromatic N) is 2. The highest BCUT2D eigenvalue weighted by molar-refractivity contribution is 7.90. The van der Waals surface area contributed by atoms with Gasteiger partial charge in [0.05, 0.1) is 20.7 Å². The molecule has 0 radical (unpaired) electrons. The quantitative estimate of drug-likeness (QED) is 0.669. The fraction of sp³-hybridized carbons (Fsp3) is 0.176. The Morgan fingerprint density at radius 1 is 1.24 bits per heavy atom. The van der Waals surface area contributed by atoms with Crippen LogP contribution in [0.25, 0.3) is 10.2 Å². The highest BCUT2D eigenvalue weighted by atomic mass is 35.5. The fourth-order valence-corrected chi connectivity index (χ4v) is 5.04. The van der Waals surface area contributed by atoms with Crippen LogP contribution < -0.4 is 4.80 Å². The Morgan fingerprint density at radius 3 is 2.60 bits per heavy atom. The van der Waals surface area contributed by atoms with Gasteiger partial charge >= 0.3 is 0 Å². The maximum atomic E-state index is 12.6. The molecule has 0 saturated heterocycles. The molecule has 0 fully saturated rings. The van der Waals surface area contributed by atoms with Crippen LogP contribution in [0.3, 0.4) is 0 Å². The Balaban J connectivity index is 2.20. The molecule has 0 spiro atoms. The number of aromatic nitrogens is 1. The normalized spacial score (nSPS) is 12.7. The molecule has 3 aromatic rings. The van der Waals surface area contributed by atoms with E-state index in [4.69, 9.17) is 11.6 Å². The predicted molar refractivity (Wildman–Crippen MR) is 100.0 cm³/mol. The number of carbonyl (C=O) groups excluding carboxylic acids is 1. The Labute approximate surface area is 154 Å². The first kappa shape index (κ1) is 17.8. The fourth-order valence-electron chi connectivity index (χ4n) is 2.69. The third-order valence-corrected chi connectivity index (χ3v) is 6.22. The third-order valence-electron chi connectivity index (χ3n) is 3.77. The summed E-state index contributed by atoms with van der Waals surface area (Å²) in [4.78, 5) is 17.2. The van der Waals surface area contributed by atoms with Crippen molar-refractivity contribution in [1.29, 1.82) is 0 Å². The van der Waals surface area contributed by atoms with Crippen LogP contribution in [0, 0.1) is 6.92 Å². The molecule has 1 aromatic heterocycles. The first-order valence-corrected chi connectivity index (χ1v) is 10.4. The minimum absolute atomic E-state index is 0.0215. The summed E-state index contributed by atoms with van der Waals surface area (Å²) in [5.41, 5.74) is 1.99. The van der Waals surface area contributed by atoms with Gasteiger partial charge in [0.25, 0.3) is 5.91 Å². The standard InChI is InChI=1S/C17H15ClN2O3S2/c1-10-8-11(18)9-13-15(10)20(2)17(24-13)19-16(21)12-6-4-5-7-14(12)25(3,22)23/h4-9H,1-3H3. The first-order valence-electron chi connectivity index (χ1n) is 7.32. The molecule has 8 heteroatoms. The zero-order valence-corrected chi connectivity index (χ0v) is 16.2. The number of aryl methyl sites for hydroxylation is 2. The van der Waals surface area contributed by atoms with E-state index < -0.39 is 15.7 Å². The van der Waals surface area contributed by atoms with E-state index in [1.54, 1.807) is 12.1 Å². The summed E-state index contributed by atoms with van der Waals surface area (Å²) in [6.07, 6.45) is 1.07. The van der Waals surface area contributed by atoms with Crippen molar-refractivity contribution in [3.8, 4) is 0 Å². The van der Waals surface area contributed by atoms with E-state index in [1.165, 1.54) is 23.5 Å². The van der Waals surface area contributed by atoms with Crippen LogP contribution in [-0.2, 0) is 16.9 Å². The lowest BCUT2D eigenvalue weighted by Crippen LogP contribution is -2.15. The number of thiazole rings is 1. The topological polar surface area (TPSA) is 68.5 Å². The summed E-state index contributed by atoms with van der Waals surface area (Å²) in [6, 6.07) is 9.75. The van der Waals surface area contributed by atoms with Crippen molar-refractivity contribution >= 4 is 48.9 Å². The van der Waals surface area contributed by atoms with E-state index in [0.717, 1.165) is 22.0 Å². The number of hydrogen-bond donors (Lipinski definition) is 0. The monoisotopic (exact) mass is 394 g/mol. The summed E-state index contributed by atoms with van der Waals surface area (Å²) in [5, 5.41) is 0.618. The van der Waals surface area contributed by atoms with Gasteiger partial charge in [-0.3, -0.25) is 4.79 Å². The van der Waals surface area contributed by atoms with Crippen LogP contribution in [0.4, 0.5) is 0 Å². The first-order chi connectivity index (χ1) is 11.7. The number of carbonyl (C=O) groups is 1. The SMILES string of the molecule is Cc1cc(Cl)cc2sc(=NC(=O)c3ccccc3S(C)(=O)=O)n(C)c12. The summed E-state index contributed by atoms with van der Waals surface area (Å²) < 4.78 is 26.5. The molecule has 0 saturated carbocycles. The minimum atomic E-state index is -3.52. The summed E-state index contributed by atoms with van der Waals surface area (Å²) in [5.74, 6) is -0.591. The number of benzene rings is 2. The number of sulfone groups is 1. The molecule has 0 aliphatic heterocycles. The number of hydrogen-bond acceptors (Lipinski definition) is 4. The third kappa shape index (κ3) is 3.40. The van der Waals surface area contributed by atoms with Gasteiger partial charge in [-0.2, -0.15) is 4.99 Å². The van der Waals surface area contributed by atoms with Crippen molar-refractivity contribution in [1.82, 2.24) is 4.57 Å². The second kappa shape index (κ2) is 6.40. The van der Waals surface area contributed by atoms with Gasteiger partial charge < -0.3 is 4.57 Å². The van der Waals surface area contributed by atoms with E-state index in [-0.39, 0.29) is 10.5 Å². The molecule has 130 valence electrons. The smallest absolute Gasteiger partial charge is 0.280 e. The number of amides is 1. The Morgan fingerprint density at radius 2 is 1.92 bits per heavy atom. The maximum Gasteiger partial charge on any atom is 0.280 e. The van der Waals surface area contributed by atoms with Crippen molar-refractivity contribution < 1.29 is 13.2 Å². The zero-order valence-electron chi connectivity index (χ0n) is 13.8. The molecule has 0 bridgehead atoms. The molecule has 3 rings (SSSR count). The number of halogens is 1. The summed E-state index contributed by atoms with van der Waals surface area (Å²) in [7, 11) is -1.71. The van der Waals surface area contributed by atoms with Gasteiger partial charge in [0.1, 0.15) is 0 Å². The molecule has 0 N–H and O–H groups in total. The van der Waals surface area contributed by atoms with Crippen molar-refractivity contribution in [2.24, 2.45) is 12.0 Å². The van der Waals surface area contributed by atoms with Crippen molar-refractivity contribution in [2.45, 2.75) is 11.8 Å². The van der Waals surface area contributed by atoms with Crippen molar-refractivity contribution in [2.75, 3.05) is 6.26 Å². The van der Waals surface area contributed by atoms with Crippen LogP contribution >= 0.6 is 22.9 Å². The molecule has 1 heterocycles. The van der Waals surface area contributed by atoms with Gasteiger partial charge in [-0.25, -0.2) is 8.42 Å². The Bertz CT molecular complexity index is 1170. The molecule has 0 unspecified atom stereocenters. The predicted octanol–water partition coefficient (Wildman–Crippen LogP) is 3.35. The van der Waals surface area contributed by atoms with Crippen LogP contribution in [0.5, 0.6) is 0 Å². The second-order valence-corrected chi connectivity index (χ2v) is 9.13.